The fourth-order valence-corrected chi connectivity index (χ4v) is 3.16. The van der Waals surface area contributed by atoms with Crippen molar-refractivity contribution in [3.63, 3.8) is 0 Å². The van der Waals surface area contributed by atoms with Crippen molar-refractivity contribution in [2.45, 2.75) is 11.4 Å². The van der Waals surface area contributed by atoms with Gasteiger partial charge in [-0.2, -0.15) is 0 Å². The summed E-state index contributed by atoms with van der Waals surface area (Å²) in [6, 6.07) is 7.27. The second kappa shape index (κ2) is 6.21. The SMILES string of the molecule is NC(=O)c1ccc(Cl)c(S(=O)(=O)NCc2cccnc2)c1. The third kappa shape index (κ3) is 3.78. The molecule has 1 aromatic heterocycles. The number of sulfonamides is 1. The summed E-state index contributed by atoms with van der Waals surface area (Å²) in [6.07, 6.45) is 3.13. The lowest BCUT2D eigenvalue weighted by Gasteiger charge is -2.09. The predicted molar refractivity (Wildman–Crippen MR) is 78.2 cm³/mol. The van der Waals surface area contributed by atoms with E-state index < -0.39 is 15.9 Å². The fraction of sp³-hybridized carbons (Fsp3) is 0.0769. The lowest BCUT2D eigenvalue weighted by molar-refractivity contribution is 0.1000. The van der Waals surface area contributed by atoms with Crippen molar-refractivity contribution in [3.05, 3.63) is 58.9 Å². The summed E-state index contributed by atoms with van der Waals surface area (Å²) in [4.78, 5) is 14.8. The van der Waals surface area contributed by atoms with E-state index in [4.69, 9.17) is 17.3 Å². The van der Waals surface area contributed by atoms with Crippen LogP contribution in [0.3, 0.4) is 0 Å². The van der Waals surface area contributed by atoms with Gasteiger partial charge in [0.05, 0.1) is 5.02 Å². The Balaban J connectivity index is 2.27. The first-order valence-corrected chi connectivity index (χ1v) is 7.74. The van der Waals surface area contributed by atoms with E-state index in [0.29, 0.717) is 5.56 Å². The van der Waals surface area contributed by atoms with Gasteiger partial charge in [0.2, 0.25) is 15.9 Å². The van der Waals surface area contributed by atoms with E-state index in [1.807, 2.05) is 0 Å². The first kappa shape index (κ1) is 15.4. The maximum atomic E-state index is 12.2. The highest BCUT2D eigenvalue weighted by atomic mass is 35.5. The molecule has 1 amide bonds. The van der Waals surface area contributed by atoms with E-state index >= 15 is 0 Å². The number of carbonyl (C=O) groups is 1. The summed E-state index contributed by atoms with van der Waals surface area (Å²) in [5, 5.41) is 0.0127. The fourth-order valence-electron chi connectivity index (χ4n) is 1.62. The molecule has 6 nitrogen and oxygen atoms in total. The number of primary amides is 1. The van der Waals surface area contributed by atoms with Gasteiger partial charge >= 0.3 is 0 Å². The summed E-state index contributed by atoms with van der Waals surface area (Å²) in [5.41, 5.74) is 5.90. The van der Waals surface area contributed by atoms with Gasteiger partial charge in [0, 0.05) is 24.5 Å². The number of rotatable bonds is 5. The molecule has 0 aliphatic carbocycles. The zero-order valence-corrected chi connectivity index (χ0v) is 12.4. The molecule has 0 aliphatic heterocycles. The van der Waals surface area contributed by atoms with Crippen LogP contribution in [-0.2, 0) is 16.6 Å². The maximum absolute atomic E-state index is 12.2. The highest BCUT2D eigenvalue weighted by Gasteiger charge is 2.19. The zero-order chi connectivity index (χ0) is 15.5. The van der Waals surface area contributed by atoms with Gasteiger partial charge in [-0.25, -0.2) is 13.1 Å². The van der Waals surface area contributed by atoms with Crippen molar-refractivity contribution >= 4 is 27.5 Å². The molecule has 0 saturated heterocycles. The third-order valence-corrected chi connectivity index (χ3v) is 4.58. The molecular weight excluding hydrogens is 314 g/mol. The van der Waals surface area contributed by atoms with Crippen LogP contribution < -0.4 is 10.5 Å². The molecule has 0 fully saturated rings. The smallest absolute Gasteiger partial charge is 0.248 e. The molecular formula is C13H12ClN3O3S. The van der Waals surface area contributed by atoms with Crippen molar-refractivity contribution in [1.82, 2.24) is 9.71 Å². The van der Waals surface area contributed by atoms with Gasteiger partial charge in [-0.05, 0) is 29.8 Å². The molecule has 8 heteroatoms. The molecule has 1 aromatic carbocycles. The van der Waals surface area contributed by atoms with Gasteiger partial charge < -0.3 is 5.73 Å². The van der Waals surface area contributed by atoms with E-state index in [-0.39, 0.29) is 22.0 Å². The molecule has 2 rings (SSSR count). The first-order valence-electron chi connectivity index (χ1n) is 5.88. The number of nitrogens with zero attached hydrogens (tertiary/aromatic N) is 1. The van der Waals surface area contributed by atoms with E-state index in [2.05, 4.69) is 9.71 Å². The number of benzene rings is 1. The summed E-state index contributed by atoms with van der Waals surface area (Å²) >= 11 is 5.88. The van der Waals surface area contributed by atoms with E-state index in [9.17, 15) is 13.2 Å². The van der Waals surface area contributed by atoms with Crippen molar-refractivity contribution in [1.29, 1.82) is 0 Å². The Hall–Kier alpha value is -1.96. The number of carbonyl (C=O) groups excluding carboxylic acids is 1. The van der Waals surface area contributed by atoms with E-state index in [1.165, 1.54) is 12.1 Å². The standard InChI is InChI=1S/C13H12ClN3O3S/c14-11-4-3-10(13(15)18)6-12(11)21(19,20)17-8-9-2-1-5-16-7-9/h1-7,17H,8H2,(H2,15,18). The minimum atomic E-state index is -3.86. The normalized spacial score (nSPS) is 11.3. The molecule has 0 bridgehead atoms. The van der Waals surface area contributed by atoms with Crippen LogP contribution in [0.4, 0.5) is 0 Å². The lowest BCUT2D eigenvalue weighted by atomic mass is 10.2. The first-order chi connectivity index (χ1) is 9.90. The summed E-state index contributed by atoms with van der Waals surface area (Å²) in [5.74, 6) is -0.727. The van der Waals surface area contributed by atoms with Crippen molar-refractivity contribution in [2.24, 2.45) is 5.73 Å². The van der Waals surface area contributed by atoms with Crippen molar-refractivity contribution < 1.29 is 13.2 Å². The Bertz CT molecular complexity index is 763. The number of hydrogen-bond donors (Lipinski definition) is 2. The number of halogens is 1. The van der Waals surface area contributed by atoms with Crippen molar-refractivity contribution in [2.75, 3.05) is 0 Å². The topological polar surface area (TPSA) is 102 Å². The Labute approximate surface area is 127 Å². The lowest BCUT2D eigenvalue weighted by Crippen LogP contribution is -2.24. The molecule has 0 atom stereocenters. The Kier molecular flexibility index (Phi) is 4.56. The Morgan fingerprint density at radius 3 is 2.71 bits per heavy atom. The van der Waals surface area contributed by atoms with Gasteiger partial charge in [0.25, 0.3) is 0 Å². The number of hydrogen-bond acceptors (Lipinski definition) is 4. The van der Waals surface area contributed by atoms with E-state index in [1.54, 1.807) is 24.5 Å². The van der Waals surface area contributed by atoms with Crippen molar-refractivity contribution in [3.8, 4) is 0 Å². The number of aromatic nitrogens is 1. The Morgan fingerprint density at radius 1 is 1.33 bits per heavy atom. The molecule has 0 saturated carbocycles. The van der Waals surface area contributed by atoms with Gasteiger partial charge in [-0.1, -0.05) is 17.7 Å². The molecule has 110 valence electrons. The van der Waals surface area contributed by atoms with Crippen LogP contribution in [0.15, 0.2) is 47.6 Å². The highest BCUT2D eigenvalue weighted by molar-refractivity contribution is 7.89. The molecule has 0 radical (unpaired) electrons. The summed E-state index contributed by atoms with van der Waals surface area (Å²) in [7, 11) is -3.86. The van der Waals surface area contributed by atoms with Crippen LogP contribution in [0.5, 0.6) is 0 Å². The molecule has 21 heavy (non-hydrogen) atoms. The molecule has 1 heterocycles. The van der Waals surface area contributed by atoms with Gasteiger partial charge in [-0.15, -0.1) is 0 Å². The predicted octanol–water partition coefficient (Wildman–Crippen LogP) is 1.31. The molecule has 2 aromatic rings. The number of nitrogens with one attached hydrogen (secondary N) is 1. The average molecular weight is 326 g/mol. The largest absolute Gasteiger partial charge is 0.366 e. The summed E-state index contributed by atoms with van der Waals surface area (Å²) < 4.78 is 26.9. The molecule has 0 unspecified atom stereocenters. The number of amides is 1. The maximum Gasteiger partial charge on any atom is 0.248 e. The third-order valence-electron chi connectivity index (χ3n) is 2.69. The minimum Gasteiger partial charge on any atom is -0.366 e. The van der Waals surface area contributed by atoms with Gasteiger partial charge in [0.1, 0.15) is 4.90 Å². The second-order valence-corrected chi connectivity index (χ2v) is 6.34. The Morgan fingerprint density at radius 2 is 2.10 bits per heavy atom. The van der Waals surface area contributed by atoms with Crippen LogP contribution in [0.25, 0.3) is 0 Å². The van der Waals surface area contributed by atoms with Crippen LogP contribution in [0.1, 0.15) is 15.9 Å². The average Bonchev–Trinajstić information content (AvgIpc) is 2.46. The van der Waals surface area contributed by atoms with E-state index in [0.717, 1.165) is 6.07 Å². The zero-order valence-electron chi connectivity index (χ0n) is 10.8. The van der Waals surface area contributed by atoms with Crippen LogP contribution in [-0.4, -0.2) is 19.3 Å². The minimum absolute atomic E-state index is 0.0127. The molecule has 3 N–H and O–H groups in total. The van der Waals surface area contributed by atoms with Crippen LogP contribution in [0.2, 0.25) is 5.02 Å². The van der Waals surface area contributed by atoms with Gasteiger partial charge in [0.15, 0.2) is 0 Å². The number of nitrogens with two attached hydrogens (primary N) is 1. The van der Waals surface area contributed by atoms with Crippen LogP contribution in [0, 0.1) is 0 Å². The van der Waals surface area contributed by atoms with Gasteiger partial charge in [-0.3, -0.25) is 9.78 Å². The number of pyridine rings is 1. The second-order valence-electron chi connectivity index (χ2n) is 4.20. The monoisotopic (exact) mass is 325 g/mol. The molecule has 0 aliphatic rings. The summed E-state index contributed by atoms with van der Waals surface area (Å²) in [6.45, 7) is 0.0628. The molecule has 0 spiro atoms. The van der Waals surface area contributed by atoms with Crippen LogP contribution >= 0.6 is 11.6 Å². The highest BCUT2D eigenvalue weighted by Crippen LogP contribution is 2.22. The quantitative estimate of drug-likeness (QED) is 0.865.